The van der Waals surface area contributed by atoms with Gasteiger partial charge in [0.1, 0.15) is 6.10 Å². The third kappa shape index (κ3) is 5.19. The first-order chi connectivity index (χ1) is 16.7. The Morgan fingerprint density at radius 2 is 1.97 bits per heavy atom. The molecule has 1 aromatic carbocycles. The summed E-state index contributed by atoms with van der Waals surface area (Å²) in [6.07, 6.45) is -2.38. The predicted molar refractivity (Wildman–Crippen MR) is 128 cm³/mol. The molecule has 0 bridgehead atoms. The van der Waals surface area contributed by atoms with E-state index >= 15 is 0 Å². The van der Waals surface area contributed by atoms with Crippen LogP contribution in [0, 0.1) is 5.41 Å². The van der Waals surface area contributed by atoms with Crippen LogP contribution in [0.4, 0.5) is 18.9 Å². The molecule has 1 unspecified atom stereocenters. The maximum Gasteiger partial charge on any atom is 0.416 e. The highest BCUT2D eigenvalue weighted by Gasteiger charge is 2.50. The van der Waals surface area contributed by atoms with Gasteiger partial charge in [-0.05, 0) is 43.7 Å². The average molecular weight is 512 g/mol. The van der Waals surface area contributed by atoms with Gasteiger partial charge >= 0.3 is 6.18 Å². The van der Waals surface area contributed by atoms with Crippen molar-refractivity contribution in [2.24, 2.45) is 12.5 Å². The number of anilines is 1. The number of halogens is 3. The molecule has 0 spiro atoms. The minimum Gasteiger partial charge on any atom is -0.376 e. The second-order valence-corrected chi connectivity index (χ2v) is 11.0. The van der Waals surface area contributed by atoms with Crippen molar-refractivity contribution >= 4 is 17.4 Å². The molecule has 3 saturated heterocycles. The lowest BCUT2D eigenvalue weighted by molar-refractivity contribution is -0.137. The summed E-state index contributed by atoms with van der Waals surface area (Å²) in [5.41, 5.74) is 0.453. The summed E-state index contributed by atoms with van der Waals surface area (Å²) in [6, 6.07) is 5.95. The average Bonchev–Trinajstić information content (AvgIpc) is 3.47. The molecule has 3 atom stereocenters. The Morgan fingerprint density at radius 3 is 2.69 bits per heavy atom. The maximum absolute atomic E-state index is 12.9. The van der Waals surface area contributed by atoms with Gasteiger partial charge in [-0.1, -0.05) is 18.7 Å². The molecule has 192 valence electrons. The Hall–Kier alpha value is -1.82. The number of aromatic nitrogens is 3. The highest BCUT2D eigenvalue weighted by Crippen LogP contribution is 2.44. The predicted octanol–water partition coefficient (Wildman–Crippen LogP) is 4.00. The quantitative estimate of drug-likeness (QED) is 0.411. The van der Waals surface area contributed by atoms with Crippen LogP contribution >= 0.6 is 11.8 Å². The van der Waals surface area contributed by atoms with Gasteiger partial charge in [-0.2, -0.15) is 13.2 Å². The third-order valence-electron chi connectivity index (χ3n) is 7.47. The number of benzene rings is 1. The Kier molecular flexibility index (Phi) is 7.04. The molecular formula is C24H32F3N5O2S. The Balaban J connectivity index is 1.12. The molecule has 2 aromatic rings. The van der Waals surface area contributed by atoms with Crippen LogP contribution in [0.2, 0.25) is 0 Å². The van der Waals surface area contributed by atoms with Gasteiger partial charge in [0.15, 0.2) is 11.0 Å². The van der Waals surface area contributed by atoms with Gasteiger partial charge in [-0.25, -0.2) is 0 Å². The SMILES string of the molecule is Cn1c(SCCCN2C[C@H]3N(c4ccc(C(F)(F)F)cc4)CC[C@@]3(C)C2)nnc1C1COCCO1. The lowest BCUT2D eigenvalue weighted by Crippen LogP contribution is -2.37. The molecule has 3 fully saturated rings. The molecule has 1 aromatic heterocycles. The molecule has 3 aliphatic rings. The minimum absolute atomic E-state index is 0.159. The molecule has 7 nitrogen and oxygen atoms in total. The second-order valence-electron chi connectivity index (χ2n) is 9.93. The van der Waals surface area contributed by atoms with Crippen molar-refractivity contribution in [2.75, 3.05) is 56.7 Å². The molecule has 35 heavy (non-hydrogen) atoms. The molecular weight excluding hydrogens is 479 g/mol. The highest BCUT2D eigenvalue weighted by atomic mass is 32.2. The van der Waals surface area contributed by atoms with E-state index in [9.17, 15) is 13.2 Å². The highest BCUT2D eigenvalue weighted by molar-refractivity contribution is 7.99. The maximum atomic E-state index is 12.9. The van der Waals surface area contributed by atoms with Crippen LogP contribution in [0.15, 0.2) is 29.4 Å². The number of thioether (sulfide) groups is 1. The first-order valence-electron chi connectivity index (χ1n) is 12.1. The van der Waals surface area contributed by atoms with Crippen molar-refractivity contribution in [1.29, 1.82) is 0 Å². The van der Waals surface area contributed by atoms with Crippen molar-refractivity contribution < 1.29 is 22.6 Å². The van der Waals surface area contributed by atoms with Crippen molar-refractivity contribution in [2.45, 2.75) is 43.2 Å². The summed E-state index contributed by atoms with van der Waals surface area (Å²) >= 11 is 1.70. The van der Waals surface area contributed by atoms with E-state index in [4.69, 9.17) is 9.47 Å². The van der Waals surface area contributed by atoms with Gasteiger partial charge in [0.2, 0.25) is 0 Å². The lowest BCUT2D eigenvalue weighted by Gasteiger charge is -2.30. The van der Waals surface area contributed by atoms with Crippen molar-refractivity contribution in [3.63, 3.8) is 0 Å². The van der Waals surface area contributed by atoms with E-state index in [0.717, 1.165) is 61.4 Å². The van der Waals surface area contributed by atoms with Gasteiger partial charge < -0.3 is 23.8 Å². The van der Waals surface area contributed by atoms with Crippen LogP contribution in [0.1, 0.15) is 37.3 Å². The van der Waals surface area contributed by atoms with Crippen LogP contribution in [0.5, 0.6) is 0 Å². The van der Waals surface area contributed by atoms with Crippen molar-refractivity contribution in [1.82, 2.24) is 19.7 Å². The van der Waals surface area contributed by atoms with E-state index in [-0.39, 0.29) is 11.5 Å². The Labute approximate surface area is 208 Å². The zero-order chi connectivity index (χ0) is 24.6. The monoisotopic (exact) mass is 511 g/mol. The van der Waals surface area contributed by atoms with Crippen molar-refractivity contribution in [3.8, 4) is 0 Å². The molecule has 0 saturated carbocycles. The molecule has 0 N–H and O–H groups in total. The number of hydrogen-bond acceptors (Lipinski definition) is 7. The molecule has 0 amide bonds. The molecule has 5 rings (SSSR count). The van der Waals surface area contributed by atoms with Crippen LogP contribution in [0.3, 0.4) is 0 Å². The Morgan fingerprint density at radius 1 is 1.17 bits per heavy atom. The lowest BCUT2D eigenvalue weighted by atomic mass is 9.85. The minimum atomic E-state index is -4.30. The molecule has 4 heterocycles. The fourth-order valence-corrected chi connectivity index (χ4v) is 6.38. The molecule has 0 radical (unpaired) electrons. The molecule has 3 aliphatic heterocycles. The van der Waals surface area contributed by atoms with Gasteiger partial charge in [0, 0.05) is 49.6 Å². The largest absolute Gasteiger partial charge is 0.416 e. The summed E-state index contributed by atoms with van der Waals surface area (Å²) in [5.74, 6) is 1.74. The topological polar surface area (TPSA) is 55.7 Å². The number of nitrogens with zero attached hydrogens (tertiary/aromatic N) is 5. The molecule has 0 aliphatic carbocycles. The summed E-state index contributed by atoms with van der Waals surface area (Å²) in [4.78, 5) is 4.80. The summed E-state index contributed by atoms with van der Waals surface area (Å²) in [7, 11) is 1.97. The van der Waals surface area contributed by atoms with Gasteiger partial charge in [-0.3, -0.25) is 0 Å². The van der Waals surface area contributed by atoms with Crippen LogP contribution in [0.25, 0.3) is 0 Å². The first kappa shape index (κ1) is 24.9. The van der Waals surface area contributed by atoms with Crippen LogP contribution in [-0.4, -0.2) is 77.5 Å². The molecule has 11 heteroatoms. The fourth-order valence-electron chi connectivity index (χ4n) is 5.54. The van der Waals surface area contributed by atoms with E-state index in [2.05, 4.69) is 26.9 Å². The second kappa shape index (κ2) is 9.91. The fraction of sp³-hybridized carbons (Fsp3) is 0.667. The number of hydrogen-bond donors (Lipinski definition) is 0. The summed E-state index contributed by atoms with van der Waals surface area (Å²) in [6.45, 7) is 7.86. The van der Waals surface area contributed by atoms with E-state index in [1.54, 1.807) is 23.9 Å². The number of fused-ring (bicyclic) bond motifs is 1. The van der Waals surface area contributed by atoms with Crippen LogP contribution < -0.4 is 4.90 Å². The number of ether oxygens (including phenoxy) is 2. The summed E-state index contributed by atoms with van der Waals surface area (Å²) in [5, 5.41) is 9.52. The van der Waals surface area contributed by atoms with Gasteiger partial charge in [0.05, 0.1) is 25.4 Å². The smallest absolute Gasteiger partial charge is 0.376 e. The number of likely N-dealkylation sites (tertiary alicyclic amines) is 1. The van der Waals surface area contributed by atoms with E-state index in [0.29, 0.717) is 25.9 Å². The first-order valence-corrected chi connectivity index (χ1v) is 13.1. The van der Waals surface area contributed by atoms with Gasteiger partial charge in [-0.15, -0.1) is 10.2 Å². The number of alkyl halides is 3. The zero-order valence-corrected chi connectivity index (χ0v) is 20.9. The standard InChI is InChI=1S/C24H32F3N5O2S/c1-23-8-10-32(18-6-4-17(5-7-18)24(25,26)27)20(23)14-31(16-23)9-3-13-35-22-29-28-21(30(22)2)19-15-33-11-12-34-19/h4-7,19-20H,3,8-16H2,1-2H3/t19?,20-,23+/m1/s1. The van der Waals surface area contributed by atoms with Crippen molar-refractivity contribution in [3.05, 3.63) is 35.7 Å². The van der Waals surface area contributed by atoms with E-state index < -0.39 is 11.7 Å². The van der Waals surface area contributed by atoms with Crippen LogP contribution in [-0.2, 0) is 22.7 Å². The van der Waals surface area contributed by atoms with Gasteiger partial charge in [0.25, 0.3) is 0 Å². The summed E-state index contributed by atoms with van der Waals surface area (Å²) < 4.78 is 52.1. The third-order valence-corrected chi connectivity index (χ3v) is 8.58. The Bertz CT molecular complexity index is 1010. The normalized spacial score (nSPS) is 27.5. The number of rotatable bonds is 7. The zero-order valence-electron chi connectivity index (χ0n) is 20.1. The van der Waals surface area contributed by atoms with E-state index in [1.807, 2.05) is 11.6 Å². The van der Waals surface area contributed by atoms with E-state index in [1.165, 1.54) is 12.1 Å².